The van der Waals surface area contributed by atoms with Gasteiger partial charge in [-0.15, -0.1) is 0 Å². The van der Waals surface area contributed by atoms with Crippen molar-refractivity contribution < 1.29 is 9.78 Å². The molecule has 0 saturated heterocycles. The van der Waals surface area contributed by atoms with Crippen LogP contribution in [0.1, 0.15) is 73.6 Å². The van der Waals surface area contributed by atoms with Crippen LogP contribution >= 0.6 is 0 Å². The molecule has 2 nitrogen and oxygen atoms in total. The van der Waals surface area contributed by atoms with Crippen LogP contribution in [0.3, 0.4) is 0 Å². The van der Waals surface area contributed by atoms with Gasteiger partial charge in [0.1, 0.15) is 5.60 Å². The van der Waals surface area contributed by atoms with Crippen LogP contribution in [-0.4, -0.2) is 5.60 Å². The van der Waals surface area contributed by atoms with E-state index in [1.54, 1.807) is 0 Å². The molecule has 0 rings (SSSR count). The van der Waals surface area contributed by atoms with Gasteiger partial charge in [0.05, 0.1) is 0 Å². The van der Waals surface area contributed by atoms with E-state index in [0.717, 1.165) is 12.8 Å². The summed E-state index contributed by atoms with van der Waals surface area (Å²) in [6, 6.07) is 0. The SMILES string of the molecule is CCC(C)(C)CCCCC#COOC(C)(C)C. The first-order valence-electron chi connectivity index (χ1n) is 6.59. The van der Waals surface area contributed by atoms with Gasteiger partial charge in [-0.2, -0.15) is 4.89 Å². The summed E-state index contributed by atoms with van der Waals surface area (Å²) in [5.74, 6) is 2.97. The average molecular weight is 240 g/mol. The lowest BCUT2D eigenvalue weighted by molar-refractivity contribution is -0.300. The van der Waals surface area contributed by atoms with Gasteiger partial charge in [0.2, 0.25) is 0 Å². The maximum atomic E-state index is 5.03. The number of hydrogen-bond acceptors (Lipinski definition) is 2. The molecular weight excluding hydrogens is 212 g/mol. The van der Waals surface area contributed by atoms with Crippen molar-refractivity contribution in [2.75, 3.05) is 0 Å². The Bertz CT molecular complexity index is 250. The minimum absolute atomic E-state index is 0.292. The van der Waals surface area contributed by atoms with E-state index in [4.69, 9.17) is 9.78 Å². The molecule has 0 aliphatic rings. The van der Waals surface area contributed by atoms with Crippen molar-refractivity contribution in [2.24, 2.45) is 5.41 Å². The quantitative estimate of drug-likeness (QED) is 0.290. The summed E-state index contributed by atoms with van der Waals surface area (Å²) in [7, 11) is 0. The van der Waals surface area contributed by atoms with Gasteiger partial charge in [-0.05, 0) is 39.0 Å². The first kappa shape index (κ1) is 16.3. The van der Waals surface area contributed by atoms with Crippen LogP contribution in [0.25, 0.3) is 0 Å². The molecule has 0 fully saturated rings. The Balaban J connectivity index is 3.50. The van der Waals surface area contributed by atoms with Gasteiger partial charge in [-0.25, -0.2) is 0 Å². The smallest absolute Gasteiger partial charge is 0.157 e. The highest BCUT2D eigenvalue weighted by Crippen LogP contribution is 2.26. The second-order valence-corrected chi connectivity index (χ2v) is 6.28. The number of unbranched alkanes of at least 4 members (excludes halogenated alkanes) is 2. The molecule has 17 heavy (non-hydrogen) atoms. The Labute approximate surface area is 107 Å². The molecule has 0 unspecified atom stereocenters. The molecule has 100 valence electrons. The van der Waals surface area contributed by atoms with Crippen molar-refractivity contribution in [2.45, 2.75) is 79.2 Å². The van der Waals surface area contributed by atoms with Crippen molar-refractivity contribution >= 4 is 0 Å². The van der Waals surface area contributed by atoms with E-state index in [2.05, 4.69) is 32.8 Å². The summed E-state index contributed by atoms with van der Waals surface area (Å²) in [6.45, 7) is 12.7. The van der Waals surface area contributed by atoms with E-state index in [-0.39, 0.29) is 5.60 Å². The van der Waals surface area contributed by atoms with E-state index in [0.29, 0.717) is 5.41 Å². The highest BCUT2D eigenvalue weighted by molar-refractivity contribution is 4.90. The predicted octanol–water partition coefficient (Wildman–Crippen LogP) is 4.69. The standard InChI is InChI=1S/C15H28O2/c1-7-15(5,6)12-10-8-9-11-13-16-17-14(2,3)4/h7-10,12H2,1-6H3. The van der Waals surface area contributed by atoms with Gasteiger partial charge in [0, 0.05) is 6.42 Å². The summed E-state index contributed by atoms with van der Waals surface area (Å²) >= 11 is 0. The van der Waals surface area contributed by atoms with Gasteiger partial charge >= 0.3 is 0 Å². The van der Waals surface area contributed by atoms with E-state index >= 15 is 0 Å². The molecule has 0 aromatic carbocycles. The molecule has 0 atom stereocenters. The van der Waals surface area contributed by atoms with Crippen LogP contribution in [0, 0.1) is 17.4 Å². The van der Waals surface area contributed by atoms with E-state index < -0.39 is 0 Å². The molecule has 2 heteroatoms. The molecule has 0 heterocycles. The van der Waals surface area contributed by atoms with Crippen molar-refractivity contribution in [3.05, 3.63) is 0 Å². The third-order valence-corrected chi connectivity index (χ3v) is 2.77. The van der Waals surface area contributed by atoms with Crippen molar-refractivity contribution in [3.8, 4) is 12.0 Å². The molecule has 0 aliphatic heterocycles. The Kier molecular flexibility index (Phi) is 7.30. The molecule has 0 aromatic heterocycles. The van der Waals surface area contributed by atoms with E-state index in [1.165, 1.54) is 19.3 Å². The molecule has 0 amide bonds. The zero-order chi connectivity index (χ0) is 13.4. The summed E-state index contributed by atoms with van der Waals surface area (Å²) < 4.78 is 0. The van der Waals surface area contributed by atoms with Gasteiger partial charge in [-0.1, -0.05) is 39.5 Å². The molecular formula is C15H28O2. The summed E-state index contributed by atoms with van der Waals surface area (Å²) in [5, 5.41) is 0. The number of rotatable bonds is 6. The first-order chi connectivity index (χ1) is 7.77. The second-order valence-electron chi connectivity index (χ2n) is 6.28. The lowest BCUT2D eigenvalue weighted by Gasteiger charge is -2.21. The molecule has 0 aliphatic carbocycles. The minimum atomic E-state index is -0.292. The van der Waals surface area contributed by atoms with E-state index in [1.807, 2.05) is 20.8 Å². The van der Waals surface area contributed by atoms with E-state index in [9.17, 15) is 0 Å². The van der Waals surface area contributed by atoms with Crippen LogP contribution in [0.5, 0.6) is 0 Å². The van der Waals surface area contributed by atoms with Gasteiger partial charge in [0.15, 0.2) is 6.11 Å². The Hall–Kier alpha value is -0.680. The fraction of sp³-hybridized carbons (Fsp3) is 0.867. The Morgan fingerprint density at radius 1 is 1.00 bits per heavy atom. The second kappa shape index (κ2) is 7.61. The van der Waals surface area contributed by atoms with Crippen LogP contribution < -0.4 is 0 Å². The highest BCUT2D eigenvalue weighted by Gasteiger charge is 2.13. The molecule has 0 bridgehead atoms. The maximum Gasteiger partial charge on any atom is 0.157 e. The van der Waals surface area contributed by atoms with Crippen LogP contribution in [-0.2, 0) is 9.78 Å². The Morgan fingerprint density at radius 3 is 2.18 bits per heavy atom. The summed E-state index contributed by atoms with van der Waals surface area (Å²) in [4.78, 5) is 9.84. The summed E-state index contributed by atoms with van der Waals surface area (Å²) in [5.41, 5.74) is 0.180. The molecule has 0 N–H and O–H groups in total. The third-order valence-electron chi connectivity index (χ3n) is 2.77. The third kappa shape index (κ3) is 11.6. The topological polar surface area (TPSA) is 18.5 Å². The van der Waals surface area contributed by atoms with Crippen LogP contribution in [0.2, 0.25) is 0 Å². The van der Waals surface area contributed by atoms with Crippen LogP contribution in [0.4, 0.5) is 0 Å². The fourth-order valence-electron chi connectivity index (χ4n) is 1.22. The van der Waals surface area contributed by atoms with Gasteiger partial charge in [0.25, 0.3) is 0 Å². The highest BCUT2D eigenvalue weighted by atomic mass is 17.2. The molecule has 0 spiro atoms. The monoisotopic (exact) mass is 240 g/mol. The summed E-state index contributed by atoms with van der Waals surface area (Å²) in [6.07, 6.45) is 8.34. The molecule has 0 aromatic rings. The van der Waals surface area contributed by atoms with Gasteiger partial charge in [-0.3, -0.25) is 4.89 Å². The van der Waals surface area contributed by atoms with Crippen molar-refractivity contribution in [1.29, 1.82) is 0 Å². The first-order valence-corrected chi connectivity index (χ1v) is 6.59. The van der Waals surface area contributed by atoms with Crippen molar-refractivity contribution in [3.63, 3.8) is 0 Å². The zero-order valence-corrected chi connectivity index (χ0v) is 12.4. The molecule has 0 saturated carbocycles. The normalized spacial score (nSPS) is 11.9. The lowest BCUT2D eigenvalue weighted by Crippen LogP contribution is -2.17. The predicted molar refractivity (Wildman–Crippen MR) is 72.2 cm³/mol. The Morgan fingerprint density at radius 2 is 1.65 bits per heavy atom. The van der Waals surface area contributed by atoms with Gasteiger partial charge < -0.3 is 0 Å². The maximum absolute atomic E-state index is 5.03. The largest absolute Gasteiger partial charge is 0.282 e. The zero-order valence-electron chi connectivity index (χ0n) is 12.4. The molecule has 0 radical (unpaired) electrons. The lowest BCUT2D eigenvalue weighted by atomic mass is 9.84. The number of hydrogen-bond donors (Lipinski definition) is 0. The minimum Gasteiger partial charge on any atom is -0.282 e. The fourth-order valence-corrected chi connectivity index (χ4v) is 1.22. The average Bonchev–Trinajstić information content (AvgIpc) is 2.20. The van der Waals surface area contributed by atoms with Crippen molar-refractivity contribution in [1.82, 2.24) is 0 Å². The van der Waals surface area contributed by atoms with Crippen LogP contribution in [0.15, 0.2) is 0 Å².